The molecule has 1 aliphatic rings. The van der Waals surface area contributed by atoms with E-state index in [1.165, 1.54) is 0 Å². The molecule has 20 heavy (non-hydrogen) atoms. The first-order valence-corrected chi connectivity index (χ1v) is 7.06. The summed E-state index contributed by atoms with van der Waals surface area (Å²) in [4.78, 5) is 0. The van der Waals surface area contributed by atoms with Crippen molar-refractivity contribution in [2.24, 2.45) is 0 Å². The Morgan fingerprint density at radius 1 is 0.950 bits per heavy atom. The maximum atomic E-state index is 5.91. The highest BCUT2D eigenvalue weighted by atomic mass is 35.5. The minimum atomic E-state index is 0.394. The van der Waals surface area contributed by atoms with Crippen LogP contribution in [0.5, 0.6) is 17.2 Å². The molecule has 2 aromatic carbocycles. The number of ether oxygens (including phenoxy) is 3. The first-order valence-electron chi connectivity index (χ1n) is 6.52. The molecule has 0 unspecified atom stereocenters. The van der Waals surface area contributed by atoms with E-state index in [1.807, 2.05) is 42.5 Å². The van der Waals surface area contributed by atoms with Crippen molar-refractivity contribution in [3.63, 3.8) is 0 Å². The summed E-state index contributed by atoms with van der Waals surface area (Å²) < 4.78 is 17.2. The smallest absolute Gasteiger partial charge is 0.204 e. The molecule has 3 nitrogen and oxygen atoms in total. The Morgan fingerprint density at radius 2 is 1.70 bits per heavy atom. The van der Waals surface area contributed by atoms with Crippen LogP contribution in [0.25, 0.3) is 0 Å². The Morgan fingerprint density at radius 3 is 2.45 bits per heavy atom. The molecule has 3 rings (SSSR count). The molecular weight excluding hydrogens is 276 g/mol. The molecule has 0 aliphatic carbocycles. The van der Waals surface area contributed by atoms with Gasteiger partial charge in [-0.3, -0.25) is 0 Å². The minimum Gasteiger partial charge on any atom is -0.486 e. The SMILES string of the molecule is ClCc1ccc(OCc2ccccc2)c2c1OCCO2. The Labute approximate surface area is 123 Å². The van der Waals surface area contributed by atoms with Crippen molar-refractivity contribution in [3.05, 3.63) is 53.6 Å². The van der Waals surface area contributed by atoms with E-state index in [2.05, 4.69) is 0 Å². The lowest BCUT2D eigenvalue weighted by Crippen LogP contribution is -2.17. The van der Waals surface area contributed by atoms with E-state index in [9.17, 15) is 0 Å². The molecule has 0 saturated carbocycles. The van der Waals surface area contributed by atoms with Crippen molar-refractivity contribution in [1.82, 2.24) is 0 Å². The number of hydrogen-bond acceptors (Lipinski definition) is 3. The molecule has 0 N–H and O–H groups in total. The van der Waals surface area contributed by atoms with Gasteiger partial charge in [-0.05, 0) is 11.6 Å². The zero-order valence-electron chi connectivity index (χ0n) is 11.0. The van der Waals surface area contributed by atoms with Crippen LogP contribution in [0.4, 0.5) is 0 Å². The third-order valence-electron chi connectivity index (χ3n) is 3.11. The van der Waals surface area contributed by atoms with Crippen LogP contribution in [0, 0.1) is 0 Å². The number of benzene rings is 2. The van der Waals surface area contributed by atoms with Crippen molar-refractivity contribution in [2.45, 2.75) is 12.5 Å². The number of halogens is 1. The van der Waals surface area contributed by atoms with Gasteiger partial charge < -0.3 is 14.2 Å². The van der Waals surface area contributed by atoms with Crippen LogP contribution in [0.3, 0.4) is 0 Å². The molecule has 0 saturated heterocycles. The van der Waals surface area contributed by atoms with Gasteiger partial charge in [0.2, 0.25) is 5.75 Å². The molecule has 1 heterocycles. The van der Waals surface area contributed by atoms with Crippen LogP contribution in [-0.2, 0) is 12.5 Å². The van der Waals surface area contributed by atoms with Crippen LogP contribution in [-0.4, -0.2) is 13.2 Å². The van der Waals surface area contributed by atoms with Crippen LogP contribution in [0.2, 0.25) is 0 Å². The largest absolute Gasteiger partial charge is 0.486 e. The molecule has 0 atom stereocenters. The van der Waals surface area contributed by atoms with Crippen molar-refractivity contribution in [3.8, 4) is 17.2 Å². The molecule has 0 radical (unpaired) electrons. The lowest BCUT2D eigenvalue weighted by atomic mass is 10.2. The predicted molar refractivity (Wildman–Crippen MR) is 77.8 cm³/mol. The molecule has 0 amide bonds. The van der Waals surface area contributed by atoms with Crippen molar-refractivity contribution in [1.29, 1.82) is 0 Å². The van der Waals surface area contributed by atoms with Crippen LogP contribution >= 0.6 is 11.6 Å². The highest BCUT2D eigenvalue weighted by molar-refractivity contribution is 6.17. The van der Waals surface area contributed by atoms with E-state index in [0.717, 1.165) is 11.1 Å². The first kappa shape index (κ1) is 13.1. The standard InChI is InChI=1S/C16H15ClO3/c17-10-13-6-7-14(16-15(13)18-8-9-19-16)20-11-12-4-2-1-3-5-12/h1-7H,8-11H2. The van der Waals surface area contributed by atoms with Crippen LogP contribution < -0.4 is 14.2 Å². The zero-order valence-corrected chi connectivity index (χ0v) is 11.7. The Kier molecular flexibility index (Phi) is 3.97. The Bertz CT molecular complexity index is 584. The molecule has 4 heteroatoms. The second-order valence-corrected chi connectivity index (χ2v) is 4.75. The average Bonchev–Trinajstić information content (AvgIpc) is 2.53. The van der Waals surface area contributed by atoms with Crippen LogP contribution in [0.15, 0.2) is 42.5 Å². The van der Waals surface area contributed by atoms with Gasteiger partial charge >= 0.3 is 0 Å². The predicted octanol–water partition coefficient (Wildman–Crippen LogP) is 3.78. The number of fused-ring (bicyclic) bond motifs is 1. The number of rotatable bonds is 4. The summed E-state index contributed by atoms with van der Waals surface area (Å²) in [6.45, 7) is 1.57. The first-order chi connectivity index (χ1) is 9.88. The van der Waals surface area contributed by atoms with Gasteiger partial charge in [0.15, 0.2) is 11.5 Å². The fraction of sp³-hybridized carbons (Fsp3) is 0.250. The Balaban J connectivity index is 1.83. The zero-order chi connectivity index (χ0) is 13.8. The lowest BCUT2D eigenvalue weighted by Gasteiger charge is -2.23. The van der Waals surface area contributed by atoms with Gasteiger partial charge in [0.05, 0.1) is 5.88 Å². The summed E-state index contributed by atoms with van der Waals surface area (Å²) in [7, 11) is 0. The second kappa shape index (κ2) is 6.06. The van der Waals surface area contributed by atoms with E-state index in [0.29, 0.717) is 42.9 Å². The molecule has 1 aliphatic heterocycles. The maximum absolute atomic E-state index is 5.91. The Hall–Kier alpha value is -1.87. The average molecular weight is 291 g/mol. The van der Waals surface area contributed by atoms with Crippen molar-refractivity contribution >= 4 is 11.6 Å². The highest BCUT2D eigenvalue weighted by Gasteiger charge is 2.20. The van der Waals surface area contributed by atoms with Gasteiger partial charge in [-0.15, -0.1) is 11.6 Å². The van der Waals surface area contributed by atoms with Gasteiger partial charge in [0.1, 0.15) is 19.8 Å². The second-order valence-electron chi connectivity index (χ2n) is 4.49. The molecule has 0 aromatic heterocycles. The van der Waals surface area contributed by atoms with Crippen LogP contribution in [0.1, 0.15) is 11.1 Å². The van der Waals surface area contributed by atoms with Crippen molar-refractivity contribution in [2.75, 3.05) is 13.2 Å². The molecular formula is C16H15ClO3. The van der Waals surface area contributed by atoms with Gasteiger partial charge in [-0.25, -0.2) is 0 Å². The summed E-state index contributed by atoms with van der Waals surface area (Å²) in [6, 6.07) is 13.8. The van der Waals surface area contributed by atoms with Gasteiger partial charge in [0, 0.05) is 5.56 Å². The minimum absolute atomic E-state index is 0.394. The number of alkyl halides is 1. The van der Waals surface area contributed by atoms with Crippen molar-refractivity contribution < 1.29 is 14.2 Å². The molecule has 0 spiro atoms. The lowest BCUT2D eigenvalue weighted by molar-refractivity contribution is 0.159. The summed E-state index contributed by atoms with van der Waals surface area (Å²) >= 11 is 5.91. The molecule has 0 fully saturated rings. The summed E-state index contributed by atoms with van der Waals surface area (Å²) in [6.07, 6.45) is 0. The van der Waals surface area contributed by atoms with Gasteiger partial charge in [0.25, 0.3) is 0 Å². The van der Waals surface area contributed by atoms with E-state index in [-0.39, 0.29) is 0 Å². The normalized spacial score (nSPS) is 13.1. The van der Waals surface area contributed by atoms with E-state index < -0.39 is 0 Å². The monoisotopic (exact) mass is 290 g/mol. The molecule has 104 valence electrons. The quantitative estimate of drug-likeness (QED) is 0.802. The van der Waals surface area contributed by atoms with Gasteiger partial charge in [-0.2, -0.15) is 0 Å². The fourth-order valence-corrected chi connectivity index (χ4v) is 2.33. The summed E-state index contributed by atoms with van der Waals surface area (Å²) in [5.41, 5.74) is 2.04. The van der Waals surface area contributed by atoms with E-state index in [1.54, 1.807) is 0 Å². The third kappa shape index (κ3) is 2.68. The third-order valence-corrected chi connectivity index (χ3v) is 3.40. The van der Waals surface area contributed by atoms with Gasteiger partial charge in [-0.1, -0.05) is 36.4 Å². The van der Waals surface area contributed by atoms with E-state index >= 15 is 0 Å². The fourth-order valence-electron chi connectivity index (χ4n) is 2.12. The summed E-state index contributed by atoms with van der Waals surface area (Å²) in [5.74, 6) is 2.45. The van der Waals surface area contributed by atoms with E-state index in [4.69, 9.17) is 25.8 Å². The maximum Gasteiger partial charge on any atom is 0.204 e. The topological polar surface area (TPSA) is 27.7 Å². The highest BCUT2D eigenvalue weighted by Crippen LogP contribution is 2.42. The molecule has 2 aromatic rings. The summed E-state index contributed by atoms with van der Waals surface area (Å²) in [5, 5.41) is 0. The number of hydrogen-bond donors (Lipinski definition) is 0. The molecule has 0 bridgehead atoms.